The van der Waals surface area contributed by atoms with Crippen molar-refractivity contribution in [1.29, 1.82) is 0 Å². The lowest BCUT2D eigenvalue weighted by Crippen LogP contribution is -2.41. The van der Waals surface area contributed by atoms with Crippen LogP contribution in [0, 0.1) is 5.92 Å². The van der Waals surface area contributed by atoms with Crippen LogP contribution in [0.2, 0.25) is 0 Å². The van der Waals surface area contributed by atoms with Crippen LogP contribution in [0.3, 0.4) is 0 Å². The molecular formula is C17H23N3O2S. The lowest BCUT2D eigenvalue weighted by Gasteiger charge is -2.32. The second-order valence-corrected chi connectivity index (χ2v) is 6.82. The Hall–Kier alpha value is -1.66. The molecule has 1 aliphatic heterocycles. The second-order valence-electron chi connectivity index (χ2n) is 5.96. The summed E-state index contributed by atoms with van der Waals surface area (Å²) in [5.41, 5.74) is 1.82. The Morgan fingerprint density at radius 1 is 1.48 bits per heavy atom. The van der Waals surface area contributed by atoms with Crippen LogP contribution in [0.15, 0.2) is 28.4 Å². The van der Waals surface area contributed by atoms with Crippen molar-refractivity contribution in [3.63, 3.8) is 0 Å². The van der Waals surface area contributed by atoms with Crippen molar-refractivity contribution in [2.24, 2.45) is 5.92 Å². The van der Waals surface area contributed by atoms with Gasteiger partial charge in [-0.25, -0.2) is 4.98 Å². The molecule has 5 nitrogen and oxygen atoms in total. The molecule has 2 aromatic heterocycles. The number of rotatable bonds is 6. The molecule has 0 bridgehead atoms. The normalized spacial score (nSPS) is 16.0. The highest BCUT2D eigenvalue weighted by Gasteiger charge is 2.23. The Labute approximate surface area is 140 Å². The number of amides is 1. The highest BCUT2D eigenvalue weighted by Crippen LogP contribution is 2.24. The minimum Gasteiger partial charge on any atom is -0.472 e. The number of hydrogen-bond acceptors (Lipinski definition) is 5. The van der Waals surface area contributed by atoms with Crippen molar-refractivity contribution < 1.29 is 9.21 Å². The van der Waals surface area contributed by atoms with Gasteiger partial charge in [-0.3, -0.25) is 4.79 Å². The number of nitrogens with zero attached hydrogens (tertiary/aromatic N) is 2. The maximum absolute atomic E-state index is 12.4. The molecule has 3 rings (SSSR count). The summed E-state index contributed by atoms with van der Waals surface area (Å²) in [6.45, 7) is 5.95. The molecule has 0 unspecified atom stereocenters. The minimum absolute atomic E-state index is 0.191. The van der Waals surface area contributed by atoms with Crippen LogP contribution in [0.1, 0.15) is 25.5 Å². The first-order valence-electron chi connectivity index (χ1n) is 8.21. The van der Waals surface area contributed by atoms with E-state index in [0.717, 1.165) is 55.3 Å². The van der Waals surface area contributed by atoms with Gasteiger partial charge in [-0.2, -0.15) is 0 Å². The molecule has 23 heavy (non-hydrogen) atoms. The largest absolute Gasteiger partial charge is 0.472 e. The van der Waals surface area contributed by atoms with E-state index in [2.05, 4.69) is 17.2 Å². The van der Waals surface area contributed by atoms with E-state index in [1.807, 2.05) is 16.3 Å². The van der Waals surface area contributed by atoms with Crippen molar-refractivity contribution >= 4 is 17.2 Å². The van der Waals surface area contributed by atoms with Crippen molar-refractivity contribution in [2.45, 2.75) is 26.2 Å². The predicted molar refractivity (Wildman–Crippen MR) is 91.4 cm³/mol. The number of aromatic nitrogens is 1. The summed E-state index contributed by atoms with van der Waals surface area (Å²) in [6, 6.07) is 1.89. The summed E-state index contributed by atoms with van der Waals surface area (Å²) in [5, 5.41) is 6.28. The van der Waals surface area contributed by atoms with Gasteiger partial charge in [0.1, 0.15) is 11.3 Å². The van der Waals surface area contributed by atoms with Crippen LogP contribution in [0.25, 0.3) is 10.6 Å². The molecule has 1 amide bonds. The zero-order chi connectivity index (χ0) is 16.1. The van der Waals surface area contributed by atoms with E-state index in [-0.39, 0.29) is 5.91 Å². The van der Waals surface area contributed by atoms with E-state index in [9.17, 15) is 4.79 Å². The third-order valence-electron chi connectivity index (χ3n) is 4.30. The molecule has 0 spiro atoms. The summed E-state index contributed by atoms with van der Waals surface area (Å²) in [7, 11) is 0. The van der Waals surface area contributed by atoms with E-state index < -0.39 is 0 Å². The maximum atomic E-state index is 12.4. The highest BCUT2D eigenvalue weighted by atomic mass is 32.1. The number of furan rings is 1. The van der Waals surface area contributed by atoms with Crippen LogP contribution < -0.4 is 5.32 Å². The van der Waals surface area contributed by atoms with E-state index >= 15 is 0 Å². The quantitative estimate of drug-likeness (QED) is 0.883. The highest BCUT2D eigenvalue weighted by molar-refractivity contribution is 7.13. The number of hydrogen-bond donors (Lipinski definition) is 1. The van der Waals surface area contributed by atoms with E-state index in [4.69, 9.17) is 4.42 Å². The van der Waals surface area contributed by atoms with Crippen LogP contribution in [0.5, 0.6) is 0 Å². The Bertz CT molecular complexity index is 616. The molecule has 0 aromatic carbocycles. The first-order chi connectivity index (χ1) is 11.3. The number of thiazole rings is 1. The minimum atomic E-state index is 0.191. The molecule has 3 heterocycles. The standard InChI is InChI=1S/C17H23N3O2S/c1-2-18-10-13-3-6-20(7-4-13)16(21)9-15-12-23-17(19-15)14-5-8-22-11-14/h5,8,11-13,18H,2-4,6-7,9-10H2,1H3. The Morgan fingerprint density at radius 2 is 2.30 bits per heavy atom. The van der Waals surface area contributed by atoms with Gasteiger partial charge >= 0.3 is 0 Å². The molecule has 124 valence electrons. The molecule has 1 saturated heterocycles. The number of likely N-dealkylation sites (tertiary alicyclic amines) is 1. The smallest absolute Gasteiger partial charge is 0.228 e. The predicted octanol–water partition coefficient (Wildman–Crippen LogP) is 2.79. The molecule has 0 aliphatic carbocycles. The van der Waals surface area contributed by atoms with Gasteiger partial charge in [0.05, 0.1) is 18.4 Å². The molecule has 6 heteroatoms. The third-order valence-corrected chi connectivity index (χ3v) is 5.24. The van der Waals surface area contributed by atoms with Crippen molar-refractivity contribution in [1.82, 2.24) is 15.2 Å². The number of nitrogens with one attached hydrogen (secondary N) is 1. The van der Waals surface area contributed by atoms with E-state index in [1.54, 1.807) is 23.9 Å². The monoisotopic (exact) mass is 333 g/mol. The first kappa shape index (κ1) is 16.2. The third kappa shape index (κ3) is 4.20. The molecule has 1 aliphatic rings. The Balaban J connectivity index is 1.50. The Morgan fingerprint density at radius 3 is 3.00 bits per heavy atom. The van der Waals surface area contributed by atoms with Gasteiger partial charge in [-0.1, -0.05) is 6.92 Å². The zero-order valence-electron chi connectivity index (χ0n) is 13.5. The van der Waals surface area contributed by atoms with Gasteiger partial charge in [-0.15, -0.1) is 11.3 Å². The summed E-state index contributed by atoms with van der Waals surface area (Å²) < 4.78 is 5.08. The summed E-state index contributed by atoms with van der Waals surface area (Å²) in [6.07, 6.45) is 5.90. The van der Waals surface area contributed by atoms with Crippen LogP contribution >= 0.6 is 11.3 Å². The molecular weight excluding hydrogens is 310 g/mol. The average molecular weight is 333 g/mol. The molecule has 0 saturated carbocycles. The number of carbonyl (C=O) groups excluding carboxylic acids is 1. The van der Waals surface area contributed by atoms with Crippen LogP contribution in [-0.2, 0) is 11.2 Å². The molecule has 0 radical (unpaired) electrons. The van der Waals surface area contributed by atoms with Crippen molar-refractivity contribution in [3.8, 4) is 10.6 Å². The lowest BCUT2D eigenvalue weighted by molar-refractivity contribution is -0.131. The van der Waals surface area contributed by atoms with Gasteiger partial charge < -0.3 is 14.6 Å². The maximum Gasteiger partial charge on any atom is 0.228 e. The average Bonchev–Trinajstić information content (AvgIpc) is 3.24. The molecule has 2 aromatic rings. The van der Waals surface area contributed by atoms with Gasteiger partial charge in [0.15, 0.2) is 0 Å². The van der Waals surface area contributed by atoms with Gasteiger partial charge in [-0.05, 0) is 37.9 Å². The molecule has 1 N–H and O–H groups in total. The number of carbonyl (C=O) groups is 1. The lowest BCUT2D eigenvalue weighted by atomic mass is 9.96. The van der Waals surface area contributed by atoms with Crippen LogP contribution in [0.4, 0.5) is 0 Å². The van der Waals surface area contributed by atoms with Crippen LogP contribution in [-0.4, -0.2) is 42.0 Å². The second kappa shape index (κ2) is 7.75. The molecule has 1 fully saturated rings. The topological polar surface area (TPSA) is 58.4 Å². The number of piperidine rings is 1. The van der Waals surface area contributed by atoms with Gasteiger partial charge in [0, 0.05) is 24.0 Å². The van der Waals surface area contributed by atoms with E-state index in [0.29, 0.717) is 12.3 Å². The summed E-state index contributed by atoms with van der Waals surface area (Å²) >= 11 is 1.56. The van der Waals surface area contributed by atoms with E-state index in [1.165, 1.54) is 0 Å². The summed E-state index contributed by atoms with van der Waals surface area (Å²) in [5.74, 6) is 0.891. The van der Waals surface area contributed by atoms with Gasteiger partial charge in [0.25, 0.3) is 0 Å². The fourth-order valence-electron chi connectivity index (χ4n) is 2.91. The molecule has 0 atom stereocenters. The van der Waals surface area contributed by atoms with Crippen molar-refractivity contribution in [2.75, 3.05) is 26.2 Å². The Kier molecular flexibility index (Phi) is 5.46. The van der Waals surface area contributed by atoms with Crippen molar-refractivity contribution in [3.05, 3.63) is 29.7 Å². The zero-order valence-corrected chi connectivity index (χ0v) is 14.3. The van der Waals surface area contributed by atoms with Gasteiger partial charge in [0.2, 0.25) is 5.91 Å². The summed E-state index contributed by atoms with van der Waals surface area (Å²) in [4.78, 5) is 19.0. The SMILES string of the molecule is CCNCC1CCN(C(=O)Cc2csc(-c3ccoc3)n2)CC1. The first-order valence-corrected chi connectivity index (χ1v) is 9.09. The fourth-order valence-corrected chi connectivity index (χ4v) is 3.71. The fraction of sp³-hybridized carbons (Fsp3) is 0.529.